The van der Waals surface area contributed by atoms with Gasteiger partial charge in [-0.3, -0.25) is 14.4 Å². The van der Waals surface area contributed by atoms with E-state index in [2.05, 4.69) is 25.9 Å². The Bertz CT molecular complexity index is 829. The van der Waals surface area contributed by atoms with E-state index in [4.69, 9.17) is 11.5 Å². The van der Waals surface area contributed by atoms with Crippen molar-refractivity contribution in [3.05, 3.63) is 18.2 Å². The number of carbonyl (C=O) groups is 4. The smallest absolute Gasteiger partial charge is 0.326 e. The molecular weight excluding hydrogens is 466 g/mol. The average molecular weight is 510 g/mol. The fraction of sp³-hybridized carbons (Fsp3) is 0.708. The summed E-state index contributed by atoms with van der Waals surface area (Å²) in [4.78, 5) is 57.4. The minimum atomic E-state index is -1.15. The van der Waals surface area contributed by atoms with Crippen LogP contribution in [0.3, 0.4) is 0 Å². The molecule has 0 unspecified atom stereocenters. The van der Waals surface area contributed by atoms with Gasteiger partial charge in [-0.05, 0) is 50.5 Å². The van der Waals surface area contributed by atoms with Gasteiger partial charge in [0.25, 0.3) is 0 Å². The van der Waals surface area contributed by atoms with E-state index in [1.807, 2.05) is 27.7 Å². The van der Waals surface area contributed by atoms with E-state index in [0.29, 0.717) is 31.5 Å². The molecule has 1 rings (SSSR count). The van der Waals surface area contributed by atoms with Crippen LogP contribution in [0.5, 0.6) is 0 Å². The molecule has 0 bridgehead atoms. The van der Waals surface area contributed by atoms with Crippen LogP contribution >= 0.6 is 0 Å². The molecule has 12 heteroatoms. The van der Waals surface area contributed by atoms with Gasteiger partial charge in [-0.2, -0.15) is 0 Å². The Labute approximate surface area is 212 Å². The highest BCUT2D eigenvalue weighted by molar-refractivity contribution is 5.94. The molecule has 0 fully saturated rings. The number of carboxylic acids is 1. The zero-order valence-corrected chi connectivity index (χ0v) is 21.8. The van der Waals surface area contributed by atoms with Gasteiger partial charge in [0.15, 0.2) is 0 Å². The normalized spacial score (nSPS) is 14.7. The first-order valence-electron chi connectivity index (χ1n) is 12.5. The van der Waals surface area contributed by atoms with Crippen LogP contribution in [0.15, 0.2) is 12.5 Å². The zero-order valence-electron chi connectivity index (χ0n) is 21.8. The first kappa shape index (κ1) is 31.0. The summed E-state index contributed by atoms with van der Waals surface area (Å²) < 4.78 is 0. The van der Waals surface area contributed by atoms with Crippen LogP contribution in [0.4, 0.5) is 0 Å². The SMILES string of the molecule is CC(C)C[C@H](NC(=O)[C@H](CCCCN)NC(=O)[C@H](Cc1cnc[nH]1)NC(=O)[C@@H](N)CC(C)C)C(=O)O. The van der Waals surface area contributed by atoms with Crippen LogP contribution in [-0.4, -0.2) is 69.5 Å². The summed E-state index contributed by atoms with van der Waals surface area (Å²) in [7, 11) is 0. The Morgan fingerprint density at radius 2 is 1.50 bits per heavy atom. The maximum atomic E-state index is 13.3. The molecule has 1 aromatic heterocycles. The molecule has 0 aliphatic rings. The number of aromatic amines is 1. The second-order valence-electron chi connectivity index (χ2n) is 9.95. The molecule has 12 nitrogen and oxygen atoms in total. The molecule has 204 valence electrons. The fourth-order valence-corrected chi connectivity index (χ4v) is 3.72. The first-order valence-corrected chi connectivity index (χ1v) is 12.5. The summed E-state index contributed by atoms with van der Waals surface area (Å²) in [6.45, 7) is 8.01. The second kappa shape index (κ2) is 15.9. The van der Waals surface area contributed by atoms with Crippen LogP contribution < -0.4 is 27.4 Å². The summed E-state index contributed by atoms with van der Waals surface area (Å²) in [6.07, 6.45) is 5.24. The van der Waals surface area contributed by atoms with Crippen molar-refractivity contribution in [3.8, 4) is 0 Å². The molecule has 9 N–H and O–H groups in total. The Morgan fingerprint density at radius 3 is 2.03 bits per heavy atom. The van der Waals surface area contributed by atoms with Crippen molar-refractivity contribution in [1.29, 1.82) is 0 Å². The third-order valence-electron chi connectivity index (χ3n) is 5.58. The number of rotatable bonds is 17. The topological polar surface area (TPSA) is 205 Å². The fourth-order valence-electron chi connectivity index (χ4n) is 3.72. The average Bonchev–Trinajstić information content (AvgIpc) is 3.29. The van der Waals surface area contributed by atoms with Gasteiger partial charge in [0.05, 0.1) is 12.4 Å². The largest absolute Gasteiger partial charge is 0.480 e. The maximum absolute atomic E-state index is 13.3. The number of aromatic nitrogens is 2. The number of carboxylic acid groups (broad SMARTS) is 1. The van der Waals surface area contributed by atoms with Crippen molar-refractivity contribution in [2.75, 3.05) is 6.54 Å². The number of hydrogen-bond acceptors (Lipinski definition) is 7. The molecule has 0 aliphatic carbocycles. The van der Waals surface area contributed by atoms with Crippen molar-refractivity contribution >= 4 is 23.7 Å². The highest BCUT2D eigenvalue weighted by atomic mass is 16.4. The number of aliphatic carboxylic acids is 1. The number of carbonyl (C=O) groups excluding carboxylic acids is 3. The van der Waals surface area contributed by atoms with Crippen molar-refractivity contribution < 1.29 is 24.3 Å². The van der Waals surface area contributed by atoms with E-state index in [9.17, 15) is 24.3 Å². The van der Waals surface area contributed by atoms with Crippen LogP contribution in [0.1, 0.15) is 65.5 Å². The van der Waals surface area contributed by atoms with E-state index >= 15 is 0 Å². The number of hydrogen-bond donors (Lipinski definition) is 7. The van der Waals surface area contributed by atoms with Crippen molar-refractivity contribution in [2.24, 2.45) is 23.3 Å². The van der Waals surface area contributed by atoms with Crippen molar-refractivity contribution in [3.63, 3.8) is 0 Å². The molecule has 4 atom stereocenters. The number of imidazole rings is 1. The van der Waals surface area contributed by atoms with Crippen molar-refractivity contribution in [2.45, 2.75) is 90.4 Å². The standard InChI is InChI=1S/C24H43N7O5/c1-14(2)9-17(26)21(32)30-19(11-16-12-27-13-28-16)23(34)29-18(7-5-6-8-25)22(33)31-20(24(35)36)10-15(3)4/h12-15,17-20H,5-11,25-26H2,1-4H3,(H,27,28)(H,29,34)(H,30,32)(H,31,33)(H,35,36)/t17-,18-,19-,20-/m0/s1. The third kappa shape index (κ3) is 11.6. The minimum absolute atomic E-state index is 0.0423. The zero-order chi connectivity index (χ0) is 27.3. The van der Waals surface area contributed by atoms with Gasteiger partial charge in [-0.25, -0.2) is 9.78 Å². The number of amides is 3. The van der Waals surface area contributed by atoms with Gasteiger partial charge in [-0.1, -0.05) is 27.7 Å². The lowest BCUT2D eigenvalue weighted by atomic mass is 10.0. The third-order valence-corrected chi connectivity index (χ3v) is 5.58. The van der Waals surface area contributed by atoms with E-state index in [-0.39, 0.29) is 31.1 Å². The Kier molecular flexibility index (Phi) is 13.7. The summed E-state index contributed by atoms with van der Waals surface area (Å²) in [5, 5.41) is 17.4. The molecule has 0 radical (unpaired) electrons. The monoisotopic (exact) mass is 509 g/mol. The molecule has 3 amide bonds. The number of nitrogens with two attached hydrogens (primary N) is 2. The molecule has 0 saturated heterocycles. The van der Waals surface area contributed by atoms with Crippen LogP contribution in [-0.2, 0) is 25.6 Å². The van der Waals surface area contributed by atoms with E-state index < -0.39 is 47.9 Å². The van der Waals surface area contributed by atoms with Gasteiger partial charge in [0.1, 0.15) is 18.1 Å². The predicted molar refractivity (Wildman–Crippen MR) is 136 cm³/mol. The highest BCUT2D eigenvalue weighted by Crippen LogP contribution is 2.09. The van der Waals surface area contributed by atoms with E-state index in [1.54, 1.807) is 0 Å². The Hall–Kier alpha value is -2.99. The quantitative estimate of drug-likeness (QED) is 0.142. The number of nitrogens with one attached hydrogen (secondary N) is 4. The van der Waals surface area contributed by atoms with Crippen molar-refractivity contribution in [1.82, 2.24) is 25.9 Å². The van der Waals surface area contributed by atoms with Gasteiger partial charge in [0.2, 0.25) is 17.7 Å². The van der Waals surface area contributed by atoms with Gasteiger partial charge in [0, 0.05) is 18.3 Å². The summed E-state index contributed by atoms with van der Waals surface area (Å²) in [6, 6.07) is -3.89. The number of nitrogens with zero attached hydrogens (tertiary/aromatic N) is 1. The molecule has 36 heavy (non-hydrogen) atoms. The summed E-state index contributed by atoms with van der Waals surface area (Å²) in [5.74, 6) is -2.58. The van der Waals surface area contributed by atoms with Gasteiger partial charge < -0.3 is 37.5 Å². The lowest BCUT2D eigenvalue weighted by Crippen LogP contribution is -2.57. The van der Waals surface area contributed by atoms with E-state index in [1.165, 1.54) is 12.5 Å². The Balaban J connectivity index is 3.04. The van der Waals surface area contributed by atoms with Crippen LogP contribution in [0.25, 0.3) is 0 Å². The molecule has 0 aliphatic heterocycles. The first-order chi connectivity index (χ1) is 16.9. The molecule has 1 aromatic rings. The number of H-pyrrole nitrogens is 1. The predicted octanol–water partition coefficient (Wildman–Crippen LogP) is 0.0397. The molecule has 0 spiro atoms. The van der Waals surface area contributed by atoms with E-state index in [0.717, 1.165) is 0 Å². The summed E-state index contributed by atoms with van der Waals surface area (Å²) in [5.41, 5.74) is 12.2. The van der Waals surface area contributed by atoms with Crippen LogP contribution in [0, 0.1) is 11.8 Å². The molecule has 0 aromatic carbocycles. The highest BCUT2D eigenvalue weighted by Gasteiger charge is 2.30. The Morgan fingerprint density at radius 1 is 0.917 bits per heavy atom. The van der Waals surface area contributed by atoms with Gasteiger partial charge >= 0.3 is 5.97 Å². The van der Waals surface area contributed by atoms with Crippen LogP contribution in [0.2, 0.25) is 0 Å². The lowest BCUT2D eigenvalue weighted by molar-refractivity contribution is -0.142. The summed E-state index contributed by atoms with van der Waals surface area (Å²) >= 11 is 0. The van der Waals surface area contributed by atoms with Gasteiger partial charge in [-0.15, -0.1) is 0 Å². The number of unbranched alkanes of at least 4 members (excludes halogenated alkanes) is 1. The lowest BCUT2D eigenvalue weighted by Gasteiger charge is -2.25. The minimum Gasteiger partial charge on any atom is -0.480 e. The second-order valence-corrected chi connectivity index (χ2v) is 9.95. The maximum Gasteiger partial charge on any atom is 0.326 e. The molecule has 1 heterocycles. The molecule has 0 saturated carbocycles. The molecular formula is C24H43N7O5.